The molecular weight excluding hydrogens is 581 g/mol. The number of methoxy groups -OCH3 is 1. The molecular formula is C32H38FN7O5. The summed E-state index contributed by atoms with van der Waals surface area (Å²) in [7, 11) is 5.35. The number of nitrogens with one attached hydrogen (secondary N) is 2. The van der Waals surface area contributed by atoms with Gasteiger partial charge in [-0.2, -0.15) is 5.10 Å². The van der Waals surface area contributed by atoms with Gasteiger partial charge in [-0.25, -0.2) is 13.9 Å². The van der Waals surface area contributed by atoms with E-state index in [2.05, 4.69) is 27.3 Å². The summed E-state index contributed by atoms with van der Waals surface area (Å²) in [6, 6.07) is 6.95. The molecule has 3 saturated carbocycles. The summed E-state index contributed by atoms with van der Waals surface area (Å²) in [6.07, 6.45) is 7.26. The topological polar surface area (TPSA) is 130 Å². The molecule has 13 heteroatoms. The number of fused-ring (bicyclic) bond motifs is 5. The molecule has 1 aromatic carbocycles. The average Bonchev–Trinajstić information content (AvgIpc) is 3.45. The Bertz CT molecular complexity index is 1650. The Hall–Kier alpha value is -4.52. The van der Waals surface area contributed by atoms with Crippen LogP contribution < -0.4 is 20.3 Å². The predicted molar refractivity (Wildman–Crippen MR) is 163 cm³/mol. The van der Waals surface area contributed by atoms with E-state index in [4.69, 9.17) is 9.47 Å². The number of carbonyl (C=O) groups excluding carboxylic acids is 3. The van der Waals surface area contributed by atoms with Gasteiger partial charge in [-0.1, -0.05) is 12.6 Å². The van der Waals surface area contributed by atoms with Crippen LogP contribution in [0.25, 0.3) is 5.65 Å². The van der Waals surface area contributed by atoms with Crippen molar-refractivity contribution in [2.75, 3.05) is 39.3 Å². The zero-order chi connectivity index (χ0) is 31.9. The van der Waals surface area contributed by atoms with Gasteiger partial charge < -0.3 is 25.0 Å². The summed E-state index contributed by atoms with van der Waals surface area (Å²) in [4.78, 5) is 47.4. The molecule has 238 valence electrons. The number of hydrogen-bond acceptors (Lipinski definition) is 9. The Balaban J connectivity index is 1.16. The fourth-order valence-electron chi connectivity index (χ4n) is 6.92. The lowest BCUT2D eigenvalue weighted by molar-refractivity contribution is -0.162. The van der Waals surface area contributed by atoms with Crippen LogP contribution in [0.5, 0.6) is 5.75 Å². The maximum Gasteiger partial charge on any atom is 0.311 e. The van der Waals surface area contributed by atoms with Crippen LogP contribution in [0.2, 0.25) is 0 Å². The highest BCUT2D eigenvalue weighted by molar-refractivity contribution is 5.98. The number of benzene rings is 1. The standard InChI is InChI=1S/C32H38FN7O5/c1-5-39-23-14-20(6-7-25(23)45-18-26(39)38(2)3)16-34-28(41)22-15-24(40-27(37-22)21(33)17-36-40)29(42)35-19-31-8-11-32(12-9-31,13-10-31)30(43)44-4/h5-7,14-15,17,26H,1,8-13,16,18-19H2,2-4H3,(H,34,41)(H,35,42). The number of carbonyl (C=O) groups is 3. The van der Waals surface area contributed by atoms with Crippen LogP contribution in [0, 0.1) is 16.6 Å². The van der Waals surface area contributed by atoms with E-state index in [-0.39, 0.29) is 41.1 Å². The third kappa shape index (κ3) is 5.49. The smallest absolute Gasteiger partial charge is 0.311 e. The molecule has 1 aliphatic heterocycles. The molecule has 0 radical (unpaired) electrons. The Morgan fingerprint density at radius 1 is 1.13 bits per heavy atom. The number of halogens is 1. The molecule has 3 fully saturated rings. The quantitative estimate of drug-likeness (QED) is 0.347. The molecule has 2 N–H and O–H groups in total. The maximum absolute atomic E-state index is 14.7. The molecule has 0 spiro atoms. The SMILES string of the molecule is C=CN1c2cc(CNC(=O)c3cc(C(=O)NCC45CCC(C(=O)OC)(CC4)CC5)n4ncc(F)c4n3)ccc2OCC1N(C)C. The summed E-state index contributed by atoms with van der Waals surface area (Å²) >= 11 is 0. The predicted octanol–water partition coefficient (Wildman–Crippen LogP) is 3.27. The summed E-state index contributed by atoms with van der Waals surface area (Å²) in [5.41, 5.74) is 0.773. The minimum atomic E-state index is -0.745. The van der Waals surface area contributed by atoms with Gasteiger partial charge in [0.15, 0.2) is 11.5 Å². The molecule has 3 heterocycles. The second-order valence-corrected chi connectivity index (χ2v) is 12.5. The van der Waals surface area contributed by atoms with Crippen LogP contribution in [0.1, 0.15) is 65.1 Å². The third-order valence-electron chi connectivity index (χ3n) is 9.79. The second kappa shape index (κ2) is 11.8. The lowest BCUT2D eigenvalue weighted by atomic mass is 9.53. The number of aromatic nitrogens is 3. The van der Waals surface area contributed by atoms with Gasteiger partial charge in [-0.15, -0.1) is 0 Å². The van der Waals surface area contributed by atoms with E-state index in [0.29, 0.717) is 18.9 Å². The summed E-state index contributed by atoms with van der Waals surface area (Å²) in [5.74, 6) is -1.23. The largest absolute Gasteiger partial charge is 0.488 e. The minimum Gasteiger partial charge on any atom is -0.488 e. The monoisotopic (exact) mass is 619 g/mol. The van der Waals surface area contributed by atoms with Gasteiger partial charge in [-0.3, -0.25) is 19.3 Å². The summed E-state index contributed by atoms with van der Waals surface area (Å²) < 4.78 is 26.7. The molecule has 1 atom stereocenters. The van der Waals surface area contributed by atoms with E-state index in [0.717, 1.165) is 60.5 Å². The molecule has 2 aromatic heterocycles. The lowest BCUT2D eigenvalue weighted by Gasteiger charge is -2.51. The van der Waals surface area contributed by atoms with Crippen LogP contribution in [-0.4, -0.2) is 77.8 Å². The van der Waals surface area contributed by atoms with E-state index in [1.165, 1.54) is 13.2 Å². The Labute approximate surface area is 260 Å². The zero-order valence-electron chi connectivity index (χ0n) is 25.8. The van der Waals surface area contributed by atoms with Crippen molar-refractivity contribution in [3.05, 3.63) is 66.0 Å². The normalized spacial score (nSPS) is 23.8. The zero-order valence-corrected chi connectivity index (χ0v) is 25.8. The van der Waals surface area contributed by atoms with Gasteiger partial charge in [0.1, 0.15) is 29.9 Å². The van der Waals surface area contributed by atoms with E-state index >= 15 is 0 Å². The van der Waals surface area contributed by atoms with Gasteiger partial charge in [0.05, 0.1) is 24.4 Å². The van der Waals surface area contributed by atoms with Crippen molar-refractivity contribution in [3.8, 4) is 5.75 Å². The highest BCUT2D eigenvalue weighted by Crippen LogP contribution is 2.57. The van der Waals surface area contributed by atoms with Crippen molar-refractivity contribution in [1.82, 2.24) is 30.1 Å². The highest BCUT2D eigenvalue weighted by atomic mass is 19.1. The first-order valence-corrected chi connectivity index (χ1v) is 15.1. The molecule has 3 aromatic rings. The molecule has 1 unspecified atom stereocenters. The van der Waals surface area contributed by atoms with Crippen molar-refractivity contribution in [2.24, 2.45) is 10.8 Å². The third-order valence-corrected chi connectivity index (χ3v) is 9.79. The Kier molecular flexibility index (Phi) is 7.98. The second-order valence-electron chi connectivity index (χ2n) is 12.5. The summed E-state index contributed by atoms with van der Waals surface area (Å²) in [5, 5.41) is 9.82. The van der Waals surface area contributed by atoms with Crippen LogP contribution >= 0.6 is 0 Å². The van der Waals surface area contributed by atoms with Crippen LogP contribution in [0.4, 0.5) is 10.1 Å². The number of amides is 2. The number of anilines is 1. The number of hydrogen-bond donors (Lipinski definition) is 2. The van der Waals surface area contributed by atoms with E-state index in [1.54, 1.807) is 6.20 Å². The first kappa shape index (κ1) is 30.5. The van der Waals surface area contributed by atoms with E-state index < -0.39 is 23.0 Å². The molecule has 4 aliphatic rings. The molecule has 7 rings (SSSR count). The van der Waals surface area contributed by atoms with Crippen molar-refractivity contribution >= 4 is 29.1 Å². The van der Waals surface area contributed by atoms with Crippen molar-refractivity contribution in [2.45, 2.75) is 51.2 Å². The van der Waals surface area contributed by atoms with Crippen LogP contribution in [0.15, 0.2) is 43.2 Å². The van der Waals surface area contributed by atoms with Gasteiger partial charge in [-0.05, 0) is 81.9 Å². The van der Waals surface area contributed by atoms with Gasteiger partial charge in [0.25, 0.3) is 11.8 Å². The fraction of sp³-hybridized carbons (Fsp3) is 0.469. The van der Waals surface area contributed by atoms with Crippen molar-refractivity contribution in [3.63, 3.8) is 0 Å². The fourth-order valence-corrected chi connectivity index (χ4v) is 6.92. The number of ether oxygens (including phenoxy) is 2. The Morgan fingerprint density at radius 3 is 2.53 bits per heavy atom. The Morgan fingerprint density at radius 2 is 1.87 bits per heavy atom. The molecule has 2 bridgehead atoms. The van der Waals surface area contributed by atoms with Gasteiger partial charge in [0, 0.05) is 19.2 Å². The van der Waals surface area contributed by atoms with Gasteiger partial charge >= 0.3 is 5.97 Å². The molecule has 2 amide bonds. The number of rotatable bonds is 9. The average molecular weight is 620 g/mol. The van der Waals surface area contributed by atoms with Crippen LogP contribution in [0.3, 0.4) is 0 Å². The molecule has 45 heavy (non-hydrogen) atoms. The molecule has 12 nitrogen and oxygen atoms in total. The first-order chi connectivity index (χ1) is 21.6. The van der Waals surface area contributed by atoms with E-state index in [9.17, 15) is 18.8 Å². The highest BCUT2D eigenvalue weighted by Gasteiger charge is 2.53. The van der Waals surface area contributed by atoms with E-state index in [1.807, 2.05) is 42.1 Å². The lowest BCUT2D eigenvalue weighted by Crippen LogP contribution is -2.50. The summed E-state index contributed by atoms with van der Waals surface area (Å²) in [6.45, 7) is 4.99. The van der Waals surface area contributed by atoms with Crippen molar-refractivity contribution < 1.29 is 28.2 Å². The molecule has 0 saturated heterocycles. The first-order valence-electron chi connectivity index (χ1n) is 15.1. The van der Waals surface area contributed by atoms with Crippen molar-refractivity contribution in [1.29, 1.82) is 0 Å². The van der Waals surface area contributed by atoms with Gasteiger partial charge in [0.2, 0.25) is 0 Å². The molecule has 3 aliphatic carbocycles. The van der Waals surface area contributed by atoms with Crippen LogP contribution in [-0.2, 0) is 16.1 Å². The number of nitrogens with zero attached hydrogens (tertiary/aromatic N) is 5. The number of esters is 1. The minimum absolute atomic E-state index is 0.00302. The number of likely N-dealkylation sites (N-methyl/N-ethyl adjacent to an activating group) is 1. The maximum atomic E-state index is 14.7.